The molecular weight excluding hydrogens is 250 g/mol. The molecule has 3 heteroatoms. The topological polar surface area (TPSA) is 38.3 Å². The molecule has 0 bridgehead atoms. The van der Waals surface area contributed by atoms with Crippen LogP contribution in [0.5, 0.6) is 0 Å². The number of nitrogens with one attached hydrogen (secondary N) is 1. The van der Waals surface area contributed by atoms with Gasteiger partial charge in [0, 0.05) is 19.2 Å². The van der Waals surface area contributed by atoms with Gasteiger partial charge in [0.2, 0.25) is 0 Å². The average molecular weight is 277 g/mol. The highest BCUT2D eigenvalue weighted by molar-refractivity contribution is 5.94. The second-order valence-corrected chi connectivity index (χ2v) is 5.99. The lowest BCUT2D eigenvalue weighted by Crippen LogP contribution is -2.33. The third kappa shape index (κ3) is 4.97. The van der Waals surface area contributed by atoms with Crippen molar-refractivity contribution in [2.75, 3.05) is 13.7 Å². The normalized spacial score (nSPS) is 11.4. The van der Waals surface area contributed by atoms with Crippen LogP contribution < -0.4 is 5.32 Å². The van der Waals surface area contributed by atoms with Gasteiger partial charge in [-0.1, -0.05) is 39.8 Å². The Morgan fingerprint density at radius 2 is 1.65 bits per heavy atom. The Kier molecular flexibility index (Phi) is 6.73. The molecular formula is C17H27NO2. The van der Waals surface area contributed by atoms with Crippen LogP contribution in [0.15, 0.2) is 24.3 Å². The minimum atomic E-state index is 0.000247. The Balaban J connectivity index is 2.57. The number of rotatable bonds is 7. The number of hydrogen-bond acceptors (Lipinski definition) is 2. The second-order valence-electron chi connectivity index (χ2n) is 5.99. The minimum absolute atomic E-state index is 0.000247. The first kappa shape index (κ1) is 16.7. The molecule has 0 aromatic heterocycles. The molecule has 1 N–H and O–H groups in total. The molecule has 1 rings (SSSR count). The number of benzene rings is 1. The van der Waals surface area contributed by atoms with E-state index < -0.39 is 0 Å². The van der Waals surface area contributed by atoms with Crippen LogP contribution in [-0.2, 0) is 11.3 Å². The van der Waals surface area contributed by atoms with Gasteiger partial charge in [-0.15, -0.1) is 0 Å². The van der Waals surface area contributed by atoms with Crippen LogP contribution in [0.25, 0.3) is 0 Å². The molecule has 0 aliphatic rings. The number of carbonyl (C=O) groups is 1. The molecule has 0 atom stereocenters. The monoisotopic (exact) mass is 277 g/mol. The van der Waals surface area contributed by atoms with Gasteiger partial charge in [0.1, 0.15) is 0 Å². The van der Waals surface area contributed by atoms with Gasteiger partial charge in [0.25, 0.3) is 5.91 Å². The highest BCUT2D eigenvalue weighted by Crippen LogP contribution is 2.19. The smallest absolute Gasteiger partial charge is 0.251 e. The predicted molar refractivity (Wildman–Crippen MR) is 82.7 cm³/mol. The lowest BCUT2D eigenvalue weighted by molar-refractivity contribution is 0.0937. The first-order valence-corrected chi connectivity index (χ1v) is 7.31. The molecule has 0 aliphatic carbocycles. The third-order valence-corrected chi connectivity index (χ3v) is 3.74. The van der Waals surface area contributed by atoms with Crippen molar-refractivity contribution in [3.05, 3.63) is 35.4 Å². The molecule has 1 amide bonds. The van der Waals surface area contributed by atoms with Gasteiger partial charge in [0.15, 0.2) is 0 Å². The van der Waals surface area contributed by atoms with E-state index in [1.54, 1.807) is 7.11 Å². The molecule has 112 valence electrons. The van der Waals surface area contributed by atoms with Crippen molar-refractivity contribution < 1.29 is 9.53 Å². The van der Waals surface area contributed by atoms with Crippen molar-refractivity contribution in [3.8, 4) is 0 Å². The molecule has 0 unspecified atom stereocenters. The molecule has 1 aromatic carbocycles. The molecule has 1 aromatic rings. The molecule has 0 radical (unpaired) electrons. The molecule has 20 heavy (non-hydrogen) atoms. The van der Waals surface area contributed by atoms with Gasteiger partial charge >= 0.3 is 0 Å². The Morgan fingerprint density at radius 1 is 1.10 bits per heavy atom. The van der Waals surface area contributed by atoms with Crippen LogP contribution in [-0.4, -0.2) is 19.6 Å². The summed E-state index contributed by atoms with van der Waals surface area (Å²) in [6.07, 6.45) is 0. The Hall–Kier alpha value is -1.35. The van der Waals surface area contributed by atoms with E-state index in [4.69, 9.17) is 4.74 Å². The van der Waals surface area contributed by atoms with E-state index in [1.165, 1.54) is 0 Å². The maximum atomic E-state index is 12.1. The molecule has 0 heterocycles. The van der Waals surface area contributed by atoms with Crippen LogP contribution in [0.4, 0.5) is 0 Å². The largest absolute Gasteiger partial charge is 0.380 e. The van der Waals surface area contributed by atoms with Gasteiger partial charge in [-0.25, -0.2) is 0 Å². The summed E-state index contributed by atoms with van der Waals surface area (Å²) in [4.78, 5) is 12.1. The number of carbonyl (C=O) groups excluding carboxylic acids is 1. The molecule has 0 saturated heterocycles. The quantitative estimate of drug-likeness (QED) is 0.828. The van der Waals surface area contributed by atoms with Gasteiger partial charge in [-0.3, -0.25) is 4.79 Å². The molecule has 0 aliphatic heterocycles. The van der Waals surface area contributed by atoms with E-state index in [0.717, 1.165) is 12.1 Å². The van der Waals surface area contributed by atoms with E-state index in [1.807, 2.05) is 24.3 Å². The summed E-state index contributed by atoms with van der Waals surface area (Å²) < 4.78 is 5.06. The lowest BCUT2D eigenvalue weighted by atomic mass is 9.85. The Bertz CT molecular complexity index is 402. The van der Waals surface area contributed by atoms with E-state index in [2.05, 4.69) is 33.0 Å². The number of hydrogen-bond donors (Lipinski definition) is 1. The van der Waals surface area contributed by atoms with E-state index in [-0.39, 0.29) is 5.91 Å². The van der Waals surface area contributed by atoms with Crippen molar-refractivity contribution in [1.82, 2.24) is 5.32 Å². The van der Waals surface area contributed by atoms with Crippen molar-refractivity contribution in [1.29, 1.82) is 0 Å². The first-order chi connectivity index (χ1) is 9.45. The first-order valence-electron chi connectivity index (χ1n) is 7.31. The minimum Gasteiger partial charge on any atom is -0.380 e. The molecule has 0 fully saturated rings. The highest BCUT2D eigenvalue weighted by atomic mass is 16.5. The summed E-state index contributed by atoms with van der Waals surface area (Å²) in [5.74, 6) is 1.64. The molecule has 0 saturated carbocycles. The zero-order chi connectivity index (χ0) is 15.1. The summed E-state index contributed by atoms with van der Waals surface area (Å²) in [6, 6.07) is 7.56. The Morgan fingerprint density at radius 3 is 2.10 bits per heavy atom. The van der Waals surface area contributed by atoms with E-state index in [0.29, 0.717) is 29.9 Å². The summed E-state index contributed by atoms with van der Waals surface area (Å²) in [5, 5.41) is 3.04. The maximum absolute atomic E-state index is 12.1. The fraction of sp³-hybridized carbons (Fsp3) is 0.588. The van der Waals surface area contributed by atoms with Crippen LogP contribution in [0, 0.1) is 17.8 Å². The summed E-state index contributed by atoms with van der Waals surface area (Å²) in [7, 11) is 1.67. The average Bonchev–Trinajstić information content (AvgIpc) is 2.39. The molecule has 0 spiro atoms. The molecule has 3 nitrogen and oxygen atoms in total. The fourth-order valence-corrected chi connectivity index (χ4v) is 2.47. The predicted octanol–water partition coefficient (Wildman–Crippen LogP) is 3.49. The third-order valence-electron chi connectivity index (χ3n) is 3.74. The standard InChI is InChI=1S/C17H27NO2/c1-12(2)16(13(3)4)10-18-17(19)15-8-6-14(7-9-15)11-20-5/h6-9,12-13,16H,10-11H2,1-5H3,(H,18,19). The van der Waals surface area contributed by atoms with Crippen molar-refractivity contribution >= 4 is 5.91 Å². The summed E-state index contributed by atoms with van der Waals surface area (Å²) >= 11 is 0. The lowest BCUT2D eigenvalue weighted by Gasteiger charge is -2.25. The number of amides is 1. The van der Waals surface area contributed by atoms with Crippen molar-refractivity contribution in [2.24, 2.45) is 17.8 Å². The summed E-state index contributed by atoms with van der Waals surface area (Å²) in [6.45, 7) is 10.1. The van der Waals surface area contributed by atoms with E-state index in [9.17, 15) is 4.79 Å². The van der Waals surface area contributed by atoms with Crippen LogP contribution in [0.1, 0.15) is 43.6 Å². The van der Waals surface area contributed by atoms with Gasteiger partial charge in [-0.2, -0.15) is 0 Å². The van der Waals surface area contributed by atoms with Crippen LogP contribution >= 0.6 is 0 Å². The van der Waals surface area contributed by atoms with Crippen LogP contribution in [0.2, 0.25) is 0 Å². The van der Waals surface area contributed by atoms with E-state index >= 15 is 0 Å². The maximum Gasteiger partial charge on any atom is 0.251 e. The number of ether oxygens (including phenoxy) is 1. The number of methoxy groups -OCH3 is 1. The van der Waals surface area contributed by atoms with Crippen molar-refractivity contribution in [2.45, 2.75) is 34.3 Å². The van der Waals surface area contributed by atoms with Gasteiger partial charge < -0.3 is 10.1 Å². The summed E-state index contributed by atoms with van der Waals surface area (Å²) in [5.41, 5.74) is 1.78. The zero-order valence-corrected chi connectivity index (χ0v) is 13.3. The zero-order valence-electron chi connectivity index (χ0n) is 13.3. The second kappa shape index (κ2) is 8.05. The van der Waals surface area contributed by atoms with Crippen LogP contribution in [0.3, 0.4) is 0 Å². The highest BCUT2D eigenvalue weighted by Gasteiger charge is 2.18. The Labute approximate surface area is 122 Å². The van der Waals surface area contributed by atoms with Crippen molar-refractivity contribution in [3.63, 3.8) is 0 Å². The fourth-order valence-electron chi connectivity index (χ4n) is 2.47. The van der Waals surface area contributed by atoms with Gasteiger partial charge in [-0.05, 0) is 35.4 Å². The SMILES string of the molecule is COCc1ccc(C(=O)NCC(C(C)C)C(C)C)cc1. The van der Waals surface area contributed by atoms with Gasteiger partial charge in [0.05, 0.1) is 6.61 Å².